The number of halogens is 2. The first-order chi connectivity index (χ1) is 13.8. The average Bonchev–Trinajstić information content (AvgIpc) is 2.88. The number of benzene rings is 1. The molecule has 4 atom stereocenters. The van der Waals surface area contributed by atoms with E-state index in [-0.39, 0.29) is 31.1 Å². The van der Waals surface area contributed by atoms with Gasteiger partial charge in [-0.15, -0.1) is 0 Å². The summed E-state index contributed by atoms with van der Waals surface area (Å²) >= 11 is 0. The highest BCUT2D eigenvalue weighted by molar-refractivity contribution is 6.02. The third kappa shape index (κ3) is 2.42. The monoisotopic (exact) mass is 398 g/mol. The van der Waals surface area contributed by atoms with Crippen molar-refractivity contribution in [2.24, 2.45) is 18.4 Å². The van der Waals surface area contributed by atoms with Gasteiger partial charge in [0, 0.05) is 19.0 Å². The molecule has 0 radical (unpaired) electrons. The number of rotatable bonds is 1. The Morgan fingerprint density at radius 2 is 1.86 bits per heavy atom. The van der Waals surface area contributed by atoms with Crippen LogP contribution < -0.4 is 10.2 Å². The van der Waals surface area contributed by atoms with Gasteiger partial charge in [-0.05, 0) is 50.2 Å². The number of hydrogen-bond donors (Lipinski definition) is 1. The van der Waals surface area contributed by atoms with Crippen molar-refractivity contribution >= 4 is 23.1 Å². The molecule has 1 amide bonds. The lowest BCUT2D eigenvalue weighted by Gasteiger charge is -2.60. The van der Waals surface area contributed by atoms with Gasteiger partial charge in [-0.25, -0.2) is 8.78 Å². The standard InChI is InChI=1S/C22H24F2N4O/c1-27-18-15(9-25-27)10-28(17-5-3-2-4-16(17)26-18)19(29)20-6-14-7-21(23,11-20)13-22(24,8-14)12-20/h2-5,9,14,26H,6-8,10-13H2,1H3/t14-,20-,21+,22-. The third-order valence-electron chi connectivity index (χ3n) is 7.42. The van der Waals surface area contributed by atoms with Crippen molar-refractivity contribution in [3.8, 4) is 0 Å². The van der Waals surface area contributed by atoms with Crippen LogP contribution in [0.1, 0.15) is 44.1 Å². The van der Waals surface area contributed by atoms with E-state index in [4.69, 9.17) is 0 Å². The summed E-state index contributed by atoms with van der Waals surface area (Å²) < 4.78 is 32.7. The molecular weight excluding hydrogens is 374 g/mol. The molecule has 5 nitrogen and oxygen atoms in total. The van der Waals surface area contributed by atoms with Crippen molar-refractivity contribution in [2.75, 3.05) is 10.2 Å². The van der Waals surface area contributed by atoms with Gasteiger partial charge in [-0.3, -0.25) is 9.48 Å². The average molecular weight is 398 g/mol. The normalized spacial score (nSPS) is 36.9. The Bertz CT molecular complexity index is 1020. The van der Waals surface area contributed by atoms with Gasteiger partial charge >= 0.3 is 0 Å². The fourth-order valence-corrected chi connectivity index (χ4v) is 6.87. The summed E-state index contributed by atoms with van der Waals surface area (Å²) in [5.74, 6) is 0.651. The molecule has 5 aliphatic rings. The number of aromatic nitrogens is 2. The number of carbonyl (C=O) groups excluding carboxylic acids is 1. The van der Waals surface area contributed by atoms with E-state index in [2.05, 4.69) is 10.4 Å². The first kappa shape index (κ1) is 17.4. The number of alkyl halides is 2. The molecule has 7 heteroatoms. The molecule has 1 aliphatic heterocycles. The van der Waals surface area contributed by atoms with Crippen LogP contribution in [0.5, 0.6) is 0 Å². The maximum atomic E-state index is 15.5. The number of aryl methyl sites for hydroxylation is 1. The minimum atomic E-state index is -1.55. The number of carbonyl (C=O) groups is 1. The van der Waals surface area contributed by atoms with Crippen LogP contribution in [-0.4, -0.2) is 27.0 Å². The number of fused-ring (bicyclic) bond motifs is 2. The number of para-hydroxylation sites is 2. The Morgan fingerprint density at radius 3 is 2.59 bits per heavy atom. The van der Waals surface area contributed by atoms with Crippen molar-refractivity contribution in [1.82, 2.24) is 9.78 Å². The zero-order valence-electron chi connectivity index (χ0n) is 16.4. The van der Waals surface area contributed by atoms with Crippen LogP contribution >= 0.6 is 0 Å². The molecule has 1 aromatic carbocycles. The van der Waals surface area contributed by atoms with E-state index in [1.165, 1.54) is 0 Å². The highest BCUT2D eigenvalue weighted by atomic mass is 19.2. The second-order valence-corrected chi connectivity index (χ2v) is 9.77. The molecular formula is C22H24F2N4O. The van der Waals surface area contributed by atoms with Gasteiger partial charge in [0.25, 0.3) is 0 Å². The summed E-state index contributed by atoms with van der Waals surface area (Å²) in [6.07, 6.45) is 3.39. The van der Waals surface area contributed by atoms with Gasteiger partial charge in [0.2, 0.25) is 5.91 Å². The smallest absolute Gasteiger partial charge is 0.233 e. The Balaban J connectivity index is 1.45. The van der Waals surface area contributed by atoms with Crippen LogP contribution in [0, 0.1) is 11.3 Å². The fraction of sp³-hybridized carbons (Fsp3) is 0.545. The second-order valence-electron chi connectivity index (χ2n) is 9.77. The van der Waals surface area contributed by atoms with Crippen LogP contribution in [0.25, 0.3) is 0 Å². The first-order valence-electron chi connectivity index (χ1n) is 10.4. The van der Waals surface area contributed by atoms with Crippen LogP contribution in [0.4, 0.5) is 26.0 Å². The predicted molar refractivity (Wildman–Crippen MR) is 105 cm³/mol. The third-order valence-corrected chi connectivity index (χ3v) is 7.42. The Kier molecular flexibility index (Phi) is 3.23. The molecule has 2 heterocycles. The molecule has 29 heavy (non-hydrogen) atoms. The van der Waals surface area contributed by atoms with E-state index < -0.39 is 16.8 Å². The SMILES string of the molecule is Cn1ncc2c1Nc1ccccc1N(C(=O)[C@@]13C[C@@H]4C[C@@](F)(C[C@@](F)(C4)C1)C3)C2. The minimum Gasteiger partial charge on any atom is -0.338 e. The lowest BCUT2D eigenvalue weighted by molar-refractivity contribution is -0.183. The largest absolute Gasteiger partial charge is 0.338 e. The van der Waals surface area contributed by atoms with E-state index in [1.807, 2.05) is 31.3 Å². The van der Waals surface area contributed by atoms with Gasteiger partial charge in [-0.1, -0.05) is 12.1 Å². The molecule has 1 N–H and O–H groups in total. The fourth-order valence-electron chi connectivity index (χ4n) is 6.87. The van der Waals surface area contributed by atoms with Gasteiger partial charge in [0.15, 0.2) is 0 Å². The molecule has 0 saturated heterocycles. The van der Waals surface area contributed by atoms with E-state index in [1.54, 1.807) is 15.8 Å². The Hall–Kier alpha value is -2.44. The summed E-state index contributed by atoms with van der Waals surface area (Å²) in [5, 5.41) is 7.70. The Labute approximate surface area is 168 Å². The van der Waals surface area contributed by atoms with Gasteiger partial charge < -0.3 is 10.2 Å². The maximum absolute atomic E-state index is 15.5. The van der Waals surface area contributed by atoms with Crippen molar-refractivity contribution in [3.05, 3.63) is 36.0 Å². The number of anilines is 3. The topological polar surface area (TPSA) is 50.2 Å². The predicted octanol–water partition coefficient (Wildman–Crippen LogP) is 4.41. The molecule has 0 unspecified atom stereocenters. The van der Waals surface area contributed by atoms with E-state index >= 15 is 8.78 Å². The molecule has 4 aliphatic carbocycles. The number of hydrogen-bond acceptors (Lipinski definition) is 3. The summed E-state index contributed by atoms with van der Waals surface area (Å²) in [6.45, 7) is 0.344. The molecule has 7 rings (SSSR count). The summed E-state index contributed by atoms with van der Waals surface area (Å²) in [4.78, 5) is 15.7. The van der Waals surface area contributed by atoms with Crippen LogP contribution in [0.15, 0.2) is 30.5 Å². The van der Waals surface area contributed by atoms with Gasteiger partial charge in [0.05, 0.1) is 29.5 Å². The van der Waals surface area contributed by atoms with Crippen molar-refractivity contribution in [3.63, 3.8) is 0 Å². The van der Waals surface area contributed by atoms with E-state index in [0.29, 0.717) is 25.8 Å². The van der Waals surface area contributed by atoms with Gasteiger partial charge in [-0.2, -0.15) is 5.10 Å². The van der Waals surface area contributed by atoms with E-state index in [9.17, 15) is 4.79 Å². The summed E-state index contributed by atoms with van der Waals surface area (Å²) in [5.41, 5.74) is -1.60. The van der Waals surface area contributed by atoms with Crippen LogP contribution in [-0.2, 0) is 18.4 Å². The van der Waals surface area contributed by atoms with Crippen LogP contribution in [0.3, 0.4) is 0 Å². The lowest BCUT2D eigenvalue weighted by atomic mass is 9.47. The minimum absolute atomic E-state index is 0.0421. The molecule has 0 spiro atoms. The number of nitrogens with one attached hydrogen (secondary N) is 1. The van der Waals surface area contributed by atoms with Crippen molar-refractivity contribution in [2.45, 2.75) is 56.4 Å². The zero-order chi connectivity index (χ0) is 20.0. The zero-order valence-corrected chi connectivity index (χ0v) is 16.4. The van der Waals surface area contributed by atoms with Crippen molar-refractivity contribution < 1.29 is 13.6 Å². The number of amides is 1. The highest BCUT2D eigenvalue weighted by Crippen LogP contribution is 2.66. The Morgan fingerprint density at radius 1 is 1.14 bits per heavy atom. The lowest BCUT2D eigenvalue weighted by Crippen LogP contribution is -2.64. The molecule has 4 saturated carbocycles. The summed E-state index contributed by atoms with van der Waals surface area (Å²) in [7, 11) is 1.85. The molecule has 1 aromatic heterocycles. The molecule has 152 valence electrons. The second kappa shape index (κ2) is 5.37. The highest BCUT2D eigenvalue weighted by Gasteiger charge is 2.67. The number of nitrogens with zero attached hydrogens (tertiary/aromatic N) is 3. The molecule has 4 fully saturated rings. The van der Waals surface area contributed by atoms with E-state index in [0.717, 1.165) is 22.8 Å². The quantitative estimate of drug-likeness (QED) is 0.774. The first-order valence-corrected chi connectivity index (χ1v) is 10.4. The molecule has 4 bridgehead atoms. The summed E-state index contributed by atoms with van der Waals surface area (Å²) in [6, 6.07) is 7.62. The van der Waals surface area contributed by atoms with Crippen molar-refractivity contribution in [1.29, 1.82) is 0 Å². The maximum Gasteiger partial charge on any atom is 0.233 e. The molecule has 2 aromatic rings. The van der Waals surface area contributed by atoms with Crippen LogP contribution in [0.2, 0.25) is 0 Å². The van der Waals surface area contributed by atoms with Gasteiger partial charge in [0.1, 0.15) is 17.2 Å².